The van der Waals surface area contributed by atoms with E-state index in [4.69, 9.17) is 9.47 Å². The maximum absolute atomic E-state index is 9.95. The van der Waals surface area contributed by atoms with Gasteiger partial charge < -0.3 is 19.9 Å². The van der Waals surface area contributed by atoms with Gasteiger partial charge in [-0.15, -0.1) is 0 Å². The van der Waals surface area contributed by atoms with Crippen LogP contribution in [0.4, 0.5) is 0 Å². The van der Waals surface area contributed by atoms with E-state index in [1.807, 2.05) is 18.2 Å². The highest BCUT2D eigenvalue weighted by Gasteiger charge is 2.32. The molecule has 0 bridgehead atoms. The van der Waals surface area contributed by atoms with Gasteiger partial charge in [0.15, 0.2) is 0 Å². The maximum atomic E-state index is 9.95. The minimum atomic E-state index is -0.0995. The van der Waals surface area contributed by atoms with Gasteiger partial charge in [-0.3, -0.25) is 0 Å². The number of hydrogen-bond donors (Lipinski definition) is 2. The first kappa shape index (κ1) is 17.9. The van der Waals surface area contributed by atoms with E-state index in [-0.39, 0.29) is 18.1 Å². The number of aliphatic hydroxyl groups is 1. The first-order chi connectivity index (χ1) is 12.3. The Labute approximate surface area is 149 Å². The maximum Gasteiger partial charge on any atom is 0.118 e. The predicted molar refractivity (Wildman–Crippen MR) is 98.9 cm³/mol. The third-order valence-electron chi connectivity index (χ3n) is 5.15. The predicted octanol–water partition coefficient (Wildman–Crippen LogP) is 3.16. The van der Waals surface area contributed by atoms with Crippen molar-refractivity contribution in [3.8, 4) is 5.75 Å². The molecule has 0 spiro atoms. The quantitative estimate of drug-likeness (QED) is 0.812. The number of methoxy groups -OCH3 is 1. The monoisotopic (exact) mass is 341 g/mol. The molecule has 1 fully saturated rings. The first-order valence-corrected chi connectivity index (χ1v) is 8.87. The van der Waals surface area contributed by atoms with Crippen LogP contribution < -0.4 is 10.1 Å². The molecule has 4 nitrogen and oxygen atoms in total. The highest BCUT2D eigenvalue weighted by Crippen LogP contribution is 2.31. The summed E-state index contributed by atoms with van der Waals surface area (Å²) in [6, 6.07) is 18.7. The second-order valence-electron chi connectivity index (χ2n) is 6.77. The molecule has 2 aromatic carbocycles. The molecule has 2 aromatic rings. The number of ether oxygens (including phenoxy) is 2. The topological polar surface area (TPSA) is 50.7 Å². The average Bonchev–Trinajstić information content (AvgIpc) is 2.70. The second-order valence-corrected chi connectivity index (χ2v) is 6.77. The van der Waals surface area contributed by atoms with Crippen molar-refractivity contribution in [3.05, 3.63) is 65.7 Å². The van der Waals surface area contributed by atoms with Crippen molar-refractivity contribution in [3.63, 3.8) is 0 Å². The molecular weight excluding hydrogens is 314 g/mol. The summed E-state index contributed by atoms with van der Waals surface area (Å²) in [6.45, 7) is 2.40. The van der Waals surface area contributed by atoms with E-state index in [1.54, 1.807) is 7.11 Å². The Hall–Kier alpha value is -1.88. The lowest BCUT2D eigenvalue weighted by Crippen LogP contribution is -2.43. The minimum Gasteiger partial charge on any atom is -0.497 e. The Balaban J connectivity index is 1.81. The molecule has 1 aliphatic rings. The summed E-state index contributed by atoms with van der Waals surface area (Å²) in [6.07, 6.45) is 1.78. The Bertz CT molecular complexity index is 636. The van der Waals surface area contributed by atoms with Crippen molar-refractivity contribution in [1.29, 1.82) is 0 Å². The van der Waals surface area contributed by atoms with Gasteiger partial charge in [0.1, 0.15) is 5.75 Å². The van der Waals surface area contributed by atoms with Crippen LogP contribution in [0, 0.1) is 5.41 Å². The van der Waals surface area contributed by atoms with Crippen LogP contribution >= 0.6 is 0 Å². The summed E-state index contributed by atoms with van der Waals surface area (Å²) in [7, 11) is 1.68. The molecule has 1 saturated heterocycles. The third kappa shape index (κ3) is 4.40. The zero-order chi connectivity index (χ0) is 17.5. The molecule has 25 heavy (non-hydrogen) atoms. The molecule has 0 saturated carbocycles. The Morgan fingerprint density at radius 3 is 2.28 bits per heavy atom. The lowest BCUT2D eigenvalue weighted by Gasteiger charge is -2.37. The van der Waals surface area contributed by atoms with E-state index in [0.717, 1.165) is 38.3 Å². The van der Waals surface area contributed by atoms with Gasteiger partial charge in [0.05, 0.1) is 19.8 Å². The van der Waals surface area contributed by atoms with Gasteiger partial charge in [-0.2, -0.15) is 0 Å². The fourth-order valence-electron chi connectivity index (χ4n) is 3.38. The summed E-state index contributed by atoms with van der Waals surface area (Å²) < 4.78 is 10.8. The van der Waals surface area contributed by atoms with Crippen molar-refractivity contribution < 1.29 is 14.6 Å². The zero-order valence-electron chi connectivity index (χ0n) is 14.8. The Morgan fingerprint density at radius 2 is 1.68 bits per heavy atom. The van der Waals surface area contributed by atoms with Crippen molar-refractivity contribution in [2.24, 2.45) is 5.41 Å². The smallest absolute Gasteiger partial charge is 0.118 e. The van der Waals surface area contributed by atoms with Crippen LogP contribution in [0.25, 0.3) is 0 Å². The molecule has 1 aliphatic heterocycles. The molecular formula is C21H27NO3. The third-order valence-corrected chi connectivity index (χ3v) is 5.15. The van der Waals surface area contributed by atoms with E-state index in [2.05, 4.69) is 41.7 Å². The second kappa shape index (κ2) is 8.48. The molecule has 1 unspecified atom stereocenters. The normalized spacial score (nSPS) is 17.8. The van der Waals surface area contributed by atoms with E-state index in [1.165, 1.54) is 11.1 Å². The molecule has 2 N–H and O–H groups in total. The van der Waals surface area contributed by atoms with Crippen molar-refractivity contribution >= 4 is 0 Å². The standard InChI is InChI=1S/C21H27NO3/c1-24-19-9-7-18(8-10-19)20(17-5-3-2-4-6-17)22-15-21(16-23)11-13-25-14-12-21/h2-10,20,22-23H,11-16H2,1H3. The molecule has 1 heterocycles. The molecule has 4 heteroatoms. The van der Waals surface area contributed by atoms with Gasteiger partial charge in [0.2, 0.25) is 0 Å². The van der Waals surface area contributed by atoms with Crippen LogP contribution in [0.1, 0.15) is 30.0 Å². The summed E-state index contributed by atoms with van der Waals surface area (Å²) in [5.74, 6) is 0.854. The molecule has 0 radical (unpaired) electrons. The molecule has 0 aliphatic carbocycles. The van der Waals surface area contributed by atoms with Gasteiger partial charge in [0.25, 0.3) is 0 Å². The molecule has 134 valence electrons. The van der Waals surface area contributed by atoms with E-state index in [0.29, 0.717) is 0 Å². The summed E-state index contributed by atoms with van der Waals surface area (Å²) in [4.78, 5) is 0. The molecule has 1 atom stereocenters. The highest BCUT2D eigenvalue weighted by atomic mass is 16.5. The van der Waals surface area contributed by atoms with Crippen LogP contribution in [-0.2, 0) is 4.74 Å². The summed E-state index contributed by atoms with van der Waals surface area (Å²) in [5.41, 5.74) is 2.30. The Kier molecular flexibility index (Phi) is 6.08. The van der Waals surface area contributed by atoms with Gasteiger partial charge >= 0.3 is 0 Å². The fourth-order valence-corrected chi connectivity index (χ4v) is 3.38. The van der Waals surface area contributed by atoms with E-state index < -0.39 is 0 Å². The number of nitrogens with one attached hydrogen (secondary N) is 1. The highest BCUT2D eigenvalue weighted by molar-refractivity contribution is 5.35. The summed E-state index contributed by atoms with van der Waals surface area (Å²) in [5, 5.41) is 13.6. The number of aliphatic hydroxyl groups excluding tert-OH is 1. The first-order valence-electron chi connectivity index (χ1n) is 8.87. The van der Waals surface area contributed by atoms with Gasteiger partial charge in [-0.1, -0.05) is 42.5 Å². The lowest BCUT2D eigenvalue weighted by molar-refractivity contribution is -0.0160. The number of rotatable bonds is 7. The van der Waals surface area contributed by atoms with Gasteiger partial charge in [-0.05, 0) is 36.1 Å². The van der Waals surface area contributed by atoms with Crippen LogP contribution in [0.5, 0.6) is 5.75 Å². The largest absolute Gasteiger partial charge is 0.497 e. The van der Waals surface area contributed by atoms with Gasteiger partial charge in [0, 0.05) is 25.2 Å². The SMILES string of the molecule is COc1ccc(C(NCC2(CO)CCOCC2)c2ccccc2)cc1. The lowest BCUT2D eigenvalue weighted by atomic mass is 9.80. The minimum absolute atomic E-state index is 0.0818. The number of benzene rings is 2. The summed E-state index contributed by atoms with van der Waals surface area (Å²) >= 11 is 0. The van der Waals surface area contributed by atoms with Crippen LogP contribution in [0.2, 0.25) is 0 Å². The Morgan fingerprint density at radius 1 is 1.04 bits per heavy atom. The van der Waals surface area contributed by atoms with Gasteiger partial charge in [-0.25, -0.2) is 0 Å². The van der Waals surface area contributed by atoms with Crippen LogP contribution in [0.15, 0.2) is 54.6 Å². The molecule has 0 amide bonds. The average molecular weight is 341 g/mol. The van der Waals surface area contributed by atoms with Crippen LogP contribution in [0.3, 0.4) is 0 Å². The van der Waals surface area contributed by atoms with E-state index in [9.17, 15) is 5.11 Å². The molecule has 0 aromatic heterocycles. The van der Waals surface area contributed by atoms with Crippen molar-refractivity contribution in [2.75, 3.05) is 33.5 Å². The van der Waals surface area contributed by atoms with Crippen LogP contribution in [-0.4, -0.2) is 38.6 Å². The fraction of sp³-hybridized carbons (Fsp3) is 0.429. The molecule has 3 rings (SSSR count). The van der Waals surface area contributed by atoms with Crippen molar-refractivity contribution in [2.45, 2.75) is 18.9 Å². The van der Waals surface area contributed by atoms with E-state index >= 15 is 0 Å². The van der Waals surface area contributed by atoms with Crippen molar-refractivity contribution in [1.82, 2.24) is 5.32 Å². The number of hydrogen-bond acceptors (Lipinski definition) is 4. The zero-order valence-corrected chi connectivity index (χ0v) is 14.8.